The van der Waals surface area contributed by atoms with Crippen molar-refractivity contribution in [2.75, 3.05) is 11.4 Å². The number of hydrogen-bond acceptors (Lipinski definition) is 4. The van der Waals surface area contributed by atoms with Gasteiger partial charge in [0.05, 0.1) is 22.5 Å². The number of nitrogens with one attached hydrogen (secondary N) is 1. The molecule has 1 aromatic heterocycles. The lowest BCUT2D eigenvalue weighted by Gasteiger charge is -2.13. The Labute approximate surface area is 179 Å². The summed E-state index contributed by atoms with van der Waals surface area (Å²) in [5, 5.41) is 11.0. The van der Waals surface area contributed by atoms with E-state index >= 15 is 0 Å². The highest BCUT2D eigenvalue weighted by molar-refractivity contribution is 5.87. The van der Waals surface area contributed by atoms with Gasteiger partial charge in [0.15, 0.2) is 5.75 Å². The molecule has 2 heterocycles. The van der Waals surface area contributed by atoms with Crippen molar-refractivity contribution in [3.63, 3.8) is 0 Å². The van der Waals surface area contributed by atoms with Crippen molar-refractivity contribution in [1.82, 2.24) is 9.78 Å². The fourth-order valence-corrected chi connectivity index (χ4v) is 3.33. The Morgan fingerprint density at radius 1 is 1.19 bits per heavy atom. The maximum absolute atomic E-state index is 13.6. The fraction of sp³-hybridized carbons (Fsp3) is 0.136. The monoisotopic (exact) mass is 443 g/mol. The number of nitrogens with zero attached hydrogens (tertiary/aromatic N) is 2. The normalized spacial score (nSPS) is 12.9. The van der Waals surface area contributed by atoms with Crippen molar-refractivity contribution in [2.24, 2.45) is 0 Å². The minimum Gasteiger partial charge on any atom is -0.478 e. The quantitative estimate of drug-likeness (QED) is 0.589. The number of benzene rings is 2. The van der Waals surface area contributed by atoms with Crippen LogP contribution in [0, 0.1) is 0 Å². The lowest BCUT2D eigenvalue weighted by Crippen LogP contribution is -2.18. The molecular weight excluding hydrogens is 427 g/mol. The molecule has 0 atom stereocenters. The van der Waals surface area contributed by atoms with Crippen LogP contribution in [0.1, 0.15) is 28.5 Å². The molecule has 0 fully saturated rings. The molecule has 7 nitrogen and oxygen atoms in total. The zero-order chi connectivity index (χ0) is 23.0. The van der Waals surface area contributed by atoms with Gasteiger partial charge >= 0.3 is 12.1 Å². The number of rotatable bonds is 4. The van der Waals surface area contributed by atoms with Gasteiger partial charge in [0.1, 0.15) is 5.69 Å². The van der Waals surface area contributed by atoms with Crippen molar-refractivity contribution < 1.29 is 27.8 Å². The summed E-state index contributed by atoms with van der Waals surface area (Å²) in [6.45, 7) is 2.32. The van der Waals surface area contributed by atoms with Crippen molar-refractivity contribution in [3.8, 4) is 11.4 Å². The van der Waals surface area contributed by atoms with Gasteiger partial charge in [0.2, 0.25) is 5.88 Å². The topological polar surface area (TPSA) is 87.6 Å². The largest absolute Gasteiger partial charge is 0.478 e. The van der Waals surface area contributed by atoms with Crippen LogP contribution in [0.2, 0.25) is 0 Å². The van der Waals surface area contributed by atoms with Crippen molar-refractivity contribution in [3.05, 3.63) is 87.3 Å². The summed E-state index contributed by atoms with van der Waals surface area (Å²) in [6.07, 6.45) is -3.90. The Kier molecular flexibility index (Phi) is 5.15. The van der Waals surface area contributed by atoms with Crippen LogP contribution in [0.3, 0.4) is 0 Å². The molecule has 3 aromatic rings. The van der Waals surface area contributed by atoms with Gasteiger partial charge < -0.3 is 14.7 Å². The number of carbonyl (C=O) groups is 1. The molecule has 10 heteroatoms. The van der Waals surface area contributed by atoms with Gasteiger partial charge in [-0.05, 0) is 43.3 Å². The Morgan fingerprint density at radius 3 is 2.50 bits per heavy atom. The highest BCUT2D eigenvalue weighted by atomic mass is 19.4. The van der Waals surface area contributed by atoms with Crippen LogP contribution in [0.25, 0.3) is 11.8 Å². The molecule has 32 heavy (non-hydrogen) atoms. The average molecular weight is 443 g/mol. The number of carboxylic acids is 1. The summed E-state index contributed by atoms with van der Waals surface area (Å²) in [6, 6.07) is 12.0. The van der Waals surface area contributed by atoms with E-state index in [9.17, 15) is 22.8 Å². The van der Waals surface area contributed by atoms with Gasteiger partial charge in [-0.3, -0.25) is 9.89 Å². The van der Waals surface area contributed by atoms with Gasteiger partial charge in [-0.1, -0.05) is 17.9 Å². The minimum absolute atomic E-state index is 0.0532. The number of hydrogen-bond donors (Lipinski definition) is 2. The first-order valence-corrected chi connectivity index (χ1v) is 9.47. The Hall–Kier alpha value is -4.17. The summed E-state index contributed by atoms with van der Waals surface area (Å²) >= 11 is 0. The highest BCUT2D eigenvalue weighted by Crippen LogP contribution is 2.38. The number of carboxylic acid groups (broad SMARTS) is 1. The number of aromatic nitrogens is 2. The summed E-state index contributed by atoms with van der Waals surface area (Å²) in [5.41, 5.74) is 0.536. The molecule has 0 bridgehead atoms. The molecule has 0 amide bonds. The third kappa shape index (κ3) is 3.67. The molecule has 0 spiro atoms. The molecule has 1 aliphatic rings. The third-order valence-electron chi connectivity index (χ3n) is 4.85. The van der Waals surface area contributed by atoms with E-state index in [1.165, 1.54) is 24.3 Å². The van der Waals surface area contributed by atoms with Crippen LogP contribution in [-0.2, 0) is 6.18 Å². The standard InChI is InChI=1S/C22H16F3N3O4/c1-2-27-16-5-3-4-6-17(16)32-18(27)12-11-15-19(22(23,24)25)26-28(20(15)29)14-9-7-13(8-10-14)21(30)31/h3-11,26H,2H2,1H3,(H,30,31). The summed E-state index contributed by atoms with van der Waals surface area (Å²) in [5.74, 6) is -0.495. The molecular formula is C22H16F3N3O4. The van der Waals surface area contributed by atoms with E-state index < -0.39 is 29.0 Å². The van der Waals surface area contributed by atoms with Crippen molar-refractivity contribution in [2.45, 2.75) is 13.1 Å². The number of anilines is 1. The van der Waals surface area contributed by atoms with E-state index in [2.05, 4.69) is 10.8 Å². The molecule has 0 unspecified atom stereocenters. The predicted octanol–water partition coefficient (Wildman–Crippen LogP) is 4.26. The Balaban J connectivity index is 1.82. The average Bonchev–Trinajstić information content (AvgIpc) is 3.29. The van der Waals surface area contributed by atoms with E-state index in [1.54, 1.807) is 29.2 Å². The lowest BCUT2D eigenvalue weighted by atomic mass is 10.2. The van der Waals surface area contributed by atoms with Crippen molar-refractivity contribution >= 4 is 17.7 Å². The maximum atomic E-state index is 13.6. The van der Waals surface area contributed by atoms with E-state index in [4.69, 9.17) is 9.84 Å². The van der Waals surface area contributed by atoms with Crippen molar-refractivity contribution in [1.29, 1.82) is 0 Å². The number of H-pyrrole nitrogens is 1. The second-order valence-electron chi connectivity index (χ2n) is 6.80. The summed E-state index contributed by atoms with van der Waals surface area (Å²) < 4.78 is 47.3. The first kappa shape index (κ1) is 21.1. The molecule has 0 saturated heterocycles. The summed E-state index contributed by atoms with van der Waals surface area (Å²) in [7, 11) is 0. The molecule has 0 aliphatic carbocycles. The fourth-order valence-electron chi connectivity index (χ4n) is 3.33. The Morgan fingerprint density at radius 2 is 1.88 bits per heavy atom. The molecule has 0 saturated carbocycles. The molecule has 0 radical (unpaired) electrons. The summed E-state index contributed by atoms with van der Waals surface area (Å²) in [4.78, 5) is 25.5. The number of ether oxygens (including phenoxy) is 1. The molecule has 2 aromatic carbocycles. The smallest absolute Gasteiger partial charge is 0.433 e. The van der Waals surface area contributed by atoms with E-state index in [-0.39, 0.29) is 17.1 Å². The maximum Gasteiger partial charge on any atom is 0.433 e. The van der Waals surface area contributed by atoms with Crippen LogP contribution in [0.5, 0.6) is 5.75 Å². The molecule has 2 N–H and O–H groups in total. The van der Waals surface area contributed by atoms with Crippen LogP contribution >= 0.6 is 0 Å². The van der Waals surface area contributed by atoms with Crippen LogP contribution < -0.4 is 15.2 Å². The van der Waals surface area contributed by atoms with E-state index in [1.807, 2.05) is 6.92 Å². The third-order valence-corrected chi connectivity index (χ3v) is 4.85. The van der Waals surface area contributed by atoms with Gasteiger partial charge in [0, 0.05) is 12.6 Å². The number of halogens is 3. The van der Waals surface area contributed by atoms with Gasteiger partial charge in [0.25, 0.3) is 5.56 Å². The first-order chi connectivity index (χ1) is 15.2. The van der Waals surface area contributed by atoms with Crippen LogP contribution in [0.15, 0.2) is 64.9 Å². The van der Waals surface area contributed by atoms with Gasteiger partial charge in [-0.25, -0.2) is 9.48 Å². The second kappa shape index (κ2) is 7.82. The van der Waals surface area contributed by atoms with Gasteiger partial charge in [-0.15, -0.1) is 0 Å². The SMILES string of the molecule is CCN1C(=C=Cc2c(C(F)(F)F)[nH]n(-c3ccc(C(=O)O)cc3)c2=O)Oc2ccccc21. The number of para-hydroxylation sites is 2. The zero-order valence-electron chi connectivity index (χ0n) is 16.6. The van der Waals surface area contributed by atoms with Crippen LogP contribution in [-0.4, -0.2) is 27.4 Å². The number of alkyl halides is 3. The van der Waals surface area contributed by atoms with Crippen LogP contribution in [0.4, 0.5) is 18.9 Å². The zero-order valence-corrected chi connectivity index (χ0v) is 16.6. The predicted molar refractivity (Wildman–Crippen MR) is 110 cm³/mol. The number of aromatic carboxylic acids is 1. The first-order valence-electron chi connectivity index (χ1n) is 9.47. The molecule has 1 aliphatic heterocycles. The number of aromatic amines is 1. The Bertz CT molecular complexity index is 1310. The minimum atomic E-state index is -4.84. The van der Waals surface area contributed by atoms with E-state index in [0.717, 1.165) is 11.8 Å². The molecule has 4 rings (SSSR count). The number of fused-ring (bicyclic) bond motifs is 1. The highest BCUT2D eigenvalue weighted by Gasteiger charge is 2.37. The lowest BCUT2D eigenvalue weighted by molar-refractivity contribution is -0.141. The second-order valence-corrected chi connectivity index (χ2v) is 6.80. The van der Waals surface area contributed by atoms with E-state index in [0.29, 0.717) is 17.0 Å². The molecule has 164 valence electrons. The van der Waals surface area contributed by atoms with Gasteiger partial charge in [-0.2, -0.15) is 13.2 Å².